The number of carboxylic acids is 2. The summed E-state index contributed by atoms with van der Waals surface area (Å²) < 4.78 is 4.14. The van der Waals surface area contributed by atoms with Gasteiger partial charge in [0.2, 0.25) is 0 Å². The van der Waals surface area contributed by atoms with Crippen LogP contribution in [0.2, 0.25) is 0 Å². The minimum absolute atomic E-state index is 0.0833. The van der Waals surface area contributed by atoms with Gasteiger partial charge >= 0.3 is 17.9 Å². The van der Waals surface area contributed by atoms with E-state index < -0.39 is 24.0 Å². The molecule has 1 atom stereocenters. The Balaban J connectivity index is -0.0000000671. The normalized spacial score (nSPS) is 8.80. The number of methoxy groups -OCH3 is 1. The molecule has 0 amide bonds. The van der Waals surface area contributed by atoms with Crippen LogP contribution in [0.1, 0.15) is 6.92 Å². The van der Waals surface area contributed by atoms with Crippen molar-refractivity contribution >= 4 is 43.2 Å². The van der Waals surface area contributed by atoms with Crippen LogP contribution in [0.4, 0.5) is 0 Å². The van der Waals surface area contributed by atoms with Gasteiger partial charge < -0.3 is 35.4 Å². The molecule has 152 valence electrons. The molecule has 0 aliphatic heterocycles. The monoisotopic (exact) mass is 408 g/mol. The molecule has 0 aromatic carbocycles. The summed E-state index contributed by atoms with van der Waals surface area (Å²) in [7, 11) is 1.31. The molecule has 6 N–H and O–H groups in total. The Labute approximate surface area is 157 Å². The van der Waals surface area contributed by atoms with Gasteiger partial charge in [-0.05, 0) is 6.92 Å². The maximum absolute atomic E-state index is 9.84. The van der Waals surface area contributed by atoms with Gasteiger partial charge in [0.25, 0.3) is 0 Å². The first-order valence-electron chi connectivity index (χ1n) is 6.40. The Kier molecular flexibility index (Phi) is 47.6. The highest BCUT2D eigenvalue weighted by Gasteiger charge is 1.83. The van der Waals surface area contributed by atoms with Gasteiger partial charge in [-0.2, -0.15) is 25.3 Å². The number of hydrogen-bond acceptors (Lipinski definition) is 10. The lowest BCUT2D eigenvalue weighted by molar-refractivity contribution is -0.135. The van der Waals surface area contributed by atoms with Gasteiger partial charge in [-0.25, -0.2) is 4.79 Å². The maximum atomic E-state index is 9.84. The number of ether oxygens (including phenoxy) is 1. The van der Waals surface area contributed by atoms with Crippen LogP contribution in [0.5, 0.6) is 0 Å². The molecule has 1 unspecified atom stereocenters. The van der Waals surface area contributed by atoms with E-state index in [9.17, 15) is 14.4 Å². The number of aliphatic hydroxyl groups is 4. The number of aliphatic hydroxyl groups excluding tert-OH is 4. The topological polar surface area (TPSA) is 182 Å². The fourth-order valence-corrected chi connectivity index (χ4v) is 0.0833. The van der Waals surface area contributed by atoms with Crippen LogP contribution in [0.15, 0.2) is 12.7 Å². The van der Waals surface area contributed by atoms with Crippen molar-refractivity contribution in [1.29, 1.82) is 0 Å². The van der Waals surface area contributed by atoms with Crippen LogP contribution >= 0.6 is 25.3 Å². The van der Waals surface area contributed by atoms with Crippen molar-refractivity contribution in [2.24, 2.45) is 0 Å². The average Bonchev–Trinajstić information content (AvgIpc) is 2.62. The molecule has 0 aromatic heterocycles. The number of aliphatic carboxylic acids is 2. The third-order valence-electron chi connectivity index (χ3n) is 1.00. The second kappa shape index (κ2) is 34.1. The maximum Gasteiger partial charge on any atom is 0.329 e. The van der Waals surface area contributed by atoms with Crippen molar-refractivity contribution in [2.45, 2.75) is 13.0 Å². The second-order valence-electron chi connectivity index (χ2n) is 3.31. The zero-order valence-electron chi connectivity index (χ0n) is 14.1. The van der Waals surface area contributed by atoms with E-state index in [0.717, 1.165) is 6.08 Å². The van der Waals surface area contributed by atoms with Crippen molar-refractivity contribution in [1.82, 2.24) is 0 Å². The predicted molar refractivity (Wildman–Crippen MR) is 98.1 cm³/mol. The Morgan fingerprint density at radius 3 is 1.28 bits per heavy atom. The summed E-state index contributed by atoms with van der Waals surface area (Å²) in [6.45, 7) is 4.30. The SMILES string of the molecule is C=CC(=O)OC.CC(O)CO.O=C(O)CS.O=C(O)CS.OCCO. The number of hydrogen-bond donors (Lipinski definition) is 8. The molecule has 0 bridgehead atoms. The number of esters is 1. The van der Waals surface area contributed by atoms with E-state index in [-0.39, 0.29) is 31.3 Å². The Hall–Kier alpha value is -1.31. The minimum Gasteiger partial charge on any atom is -0.481 e. The van der Waals surface area contributed by atoms with Crippen LogP contribution < -0.4 is 0 Å². The first kappa shape index (κ1) is 34.9. The van der Waals surface area contributed by atoms with Crippen LogP contribution in [0.25, 0.3) is 0 Å². The number of carboxylic acid groups (broad SMARTS) is 2. The molecule has 0 aromatic rings. The van der Waals surface area contributed by atoms with Gasteiger partial charge in [0.1, 0.15) is 0 Å². The van der Waals surface area contributed by atoms with Gasteiger partial charge in [-0.1, -0.05) is 6.58 Å². The number of thiol groups is 2. The predicted octanol–water partition coefficient (Wildman–Crippen LogP) is -1.32. The lowest BCUT2D eigenvalue weighted by atomic mass is 10.5. The smallest absolute Gasteiger partial charge is 0.329 e. The highest BCUT2D eigenvalue weighted by molar-refractivity contribution is 7.81. The van der Waals surface area contributed by atoms with E-state index in [1.165, 1.54) is 14.0 Å². The summed E-state index contributed by atoms with van der Waals surface area (Å²) in [6.07, 6.45) is 0.551. The van der Waals surface area contributed by atoms with Gasteiger partial charge in [0.15, 0.2) is 0 Å². The second-order valence-corrected chi connectivity index (χ2v) is 3.94. The number of carbonyl (C=O) groups excluding carboxylic acids is 1. The van der Waals surface area contributed by atoms with Gasteiger partial charge in [0.05, 0.1) is 44.5 Å². The molecule has 25 heavy (non-hydrogen) atoms. The van der Waals surface area contributed by atoms with Crippen LogP contribution in [0.3, 0.4) is 0 Å². The molecule has 12 heteroatoms. The lowest BCUT2D eigenvalue weighted by Crippen LogP contribution is -2.03. The largest absolute Gasteiger partial charge is 0.481 e. The minimum atomic E-state index is -0.881. The standard InChI is InChI=1S/C4H6O2.C3H8O2.2C2H4O2S.C2H6O2/c1-3-4(5)6-2;1-3(5)2-4;2*3-2(4)1-5;3-1-2-4/h3H,1H2,2H3;3-5H,2H2,1H3;2*5H,1H2,(H,3,4);3-4H,1-2H2. The highest BCUT2D eigenvalue weighted by Crippen LogP contribution is 1.69. The summed E-state index contributed by atoms with van der Waals surface area (Å²) in [5.74, 6) is -2.32. The first-order valence-corrected chi connectivity index (χ1v) is 7.67. The summed E-state index contributed by atoms with van der Waals surface area (Å²) in [4.78, 5) is 28.4. The van der Waals surface area contributed by atoms with Gasteiger partial charge in [-0.15, -0.1) is 0 Å². The number of rotatable bonds is 5. The van der Waals surface area contributed by atoms with Gasteiger partial charge in [-0.3, -0.25) is 9.59 Å². The molecule has 0 aliphatic rings. The molecular formula is C13H28O10S2. The molecule has 10 nitrogen and oxygen atoms in total. The first-order chi connectivity index (χ1) is 11.5. The molecule has 0 saturated heterocycles. The van der Waals surface area contributed by atoms with E-state index >= 15 is 0 Å². The van der Waals surface area contributed by atoms with Crippen LogP contribution in [-0.2, 0) is 19.1 Å². The van der Waals surface area contributed by atoms with E-state index in [4.69, 9.17) is 30.6 Å². The quantitative estimate of drug-likeness (QED) is 0.154. The van der Waals surface area contributed by atoms with Crippen molar-refractivity contribution in [2.75, 3.05) is 38.4 Å². The molecule has 0 rings (SSSR count). The Morgan fingerprint density at radius 2 is 1.28 bits per heavy atom. The van der Waals surface area contributed by atoms with Crippen LogP contribution in [-0.4, -0.2) is 93.1 Å². The molecular weight excluding hydrogens is 380 g/mol. The third-order valence-corrected chi connectivity index (χ3v) is 1.54. The van der Waals surface area contributed by atoms with E-state index in [2.05, 4.69) is 36.6 Å². The zero-order chi connectivity index (χ0) is 21.3. The third kappa shape index (κ3) is 103. The molecule has 0 aliphatic carbocycles. The molecule has 0 fully saturated rings. The summed E-state index contributed by atoms with van der Waals surface area (Å²) in [5, 5.41) is 46.5. The zero-order valence-corrected chi connectivity index (χ0v) is 15.9. The summed E-state index contributed by atoms with van der Waals surface area (Å²) >= 11 is 6.83. The van der Waals surface area contributed by atoms with E-state index in [1.54, 1.807) is 0 Å². The van der Waals surface area contributed by atoms with Crippen molar-refractivity contribution in [3.8, 4) is 0 Å². The average molecular weight is 408 g/mol. The van der Waals surface area contributed by atoms with Gasteiger partial charge in [0, 0.05) is 6.08 Å². The molecule has 0 heterocycles. The summed E-state index contributed by atoms with van der Waals surface area (Å²) in [6, 6.07) is 0. The number of carbonyl (C=O) groups is 3. The van der Waals surface area contributed by atoms with E-state index in [0.29, 0.717) is 0 Å². The fraction of sp³-hybridized carbons (Fsp3) is 0.615. The summed E-state index contributed by atoms with van der Waals surface area (Å²) in [5.41, 5.74) is 0. The van der Waals surface area contributed by atoms with Crippen molar-refractivity contribution in [3.63, 3.8) is 0 Å². The Bertz CT molecular complexity index is 295. The Morgan fingerprint density at radius 1 is 1.04 bits per heavy atom. The van der Waals surface area contributed by atoms with Crippen LogP contribution in [0, 0.1) is 0 Å². The lowest BCUT2D eigenvalue weighted by Gasteiger charge is -1.90. The molecule has 0 saturated carbocycles. The molecule has 0 radical (unpaired) electrons. The van der Waals surface area contributed by atoms with E-state index in [1.807, 2.05) is 0 Å². The van der Waals surface area contributed by atoms with Crippen molar-refractivity contribution in [3.05, 3.63) is 12.7 Å². The highest BCUT2D eigenvalue weighted by atomic mass is 32.1. The molecule has 0 spiro atoms. The fourth-order valence-electron chi connectivity index (χ4n) is 0.0833. The van der Waals surface area contributed by atoms with Crippen molar-refractivity contribution < 1.29 is 49.8 Å².